The van der Waals surface area contributed by atoms with Gasteiger partial charge in [0.15, 0.2) is 0 Å². The van der Waals surface area contributed by atoms with E-state index in [0.717, 1.165) is 0 Å². The normalized spacial score (nSPS) is 12.3. The van der Waals surface area contributed by atoms with Crippen molar-refractivity contribution in [3.63, 3.8) is 0 Å². The van der Waals surface area contributed by atoms with Crippen LogP contribution in [0.3, 0.4) is 0 Å². The predicted octanol–water partition coefficient (Wildman–Crippen LogP) is 0.957. The molecule has 0 radical (unpaired) electrons. The Balaban J connectivity index is 2.69. The third-order valence-corrected chi connectivity index (χ3v) is 2.87. The van der Waals surface area contributed by atoms with Crippen molar-refractivity contribution in [1.29, 1.82) is 0 Å². The third-order valence-electron chi connectivity index (χ3n) is 2.87. The molecule has 100 valence electrons. The number of nitrogen functional groups attached to an aromatic ring is 1. The number of methoxy groups -OCH3 is 1. The number of carbonyl (C=O) groups is 1. The SMILES string of the molecule is COc1cc(N)cc(C(=O)NCC(C)N(C)C)c1. The topological polar surface area (TPSA) is 67.6 Å². The van der Waals surface area contributed by atoms with E-state index < -0.39 is 0 Å². The highest BCUT2D eigenvalue weighted by Gasteiger charge is 2.10. The van der Waals surface area contributed by atoms with E-state index in [1.54, 1.807) is 25.3 Å². The van der Waals surface area contributed by atoms with E-state index in [2.05, 4.69) is 5.32 Å². The number of ether oxygens (including phenoxy) is 1. The molecule has 1 aromatic rings. The van der Waals surface area contributed by atoms with Crippen LogP contribution in [0.4, 0.5) is 5.69 Å². The number of carbonyl (C=O) groups excluding carboxylic acids is 1. The molecule has 1 atom stereocenters. The molecule has 3 N–H and O–H groups in total. The lowest BCUT2D eigenvalue weighted by atomic mass is 10.1. The molecule has 0 spiro atoms. The fourth-order valence-electron chi connectivity index (χ4n) is 1.40. The average molecular weight is 251 g/mol. The fraction of sp³-hybridized carbons (Fsp3) is 0.462. The van der Waals surface area contributed by atoms with Gasteiger partial charge in [-0.25, -0.2) is 0 Å². The van der Waals surface area contributed by atoms with Crippen molar-refractivity contribution in [3.8, 4) is 5.75 Å². The van der Waals surface area contributed by atoms with E-state index in [1.807, 2.05) is 25.9 Å². The first kappa shape index (κ1) is 14.3. The molecule has 0 aliphatic heterocycles. The number of hydrogen-bond acceptors (Lipinski definition) is 4. The van der Waals surface area contributed by atoms with Crippen LogP contribution in [0.25, 0.3) is 0 Å². The summed E-state index contributed by atoms with van der Waals surface area (Å²) < 4.78 is 5.08. The molecule has 1 unspecified atom stereocenters. The van der Waals surface area contributed by atoms with Gasteiger partial charge in [0.25, 0.3) is 5.91 Å². The number of nitrogens with one attached hydrogen (secondary N) is 1. The van der Waals surface area contributed by atoms with Gasteiger partial charge in [0.1, 0.15) is 5.75 Å². The number of hydrogen-bond donors (Lipinski definition) is 2. The number of nitrogens with two attached hydrogens (primary N) is 1. The Hall–Kier alpha value is -1.75. The number of anilines is 1. The largest absolute Gasteiger partial charge is 0.497 e. The molecule has 5 nitrogen and oxygen atoms in total. The van der Waals surface area contributed by atoms with E-state index >= 15 is 0 Å². The number of rotatable bonds is 5. The minimum Gasteiger partial charge on any atom is -0.497 e. The van der Waals surface area contributed by atoms with Gasteiger partial charge >= 0.3 is 0 Å². The summed E-state index contributed by atoms with van der Waals surface area (Å²) in [5.41, 5.74) is 6.73. The van der Waals surface area contributed by atoms with Gasteiger partial charge in [-0.15, -0.1) is 0 Å². The summed E-state index contributed by atoms with van der Waals surface area (Å²) in [5, 5.41) is 2.87. The smallest absolute Gasteiger partial charge is 0.251 e. The summed E-state index contributed by atoms with van der Waals surface area (Å²) in [6.45, 7) is 2.63. The molecular formula is C13H21N3O2. The Kier molecular flexibility index (Phi) is 4.97. The summed E-state index contributed by atoms with van der Waals surface area (Å²) in [5.74, 6) is 0.440. The van der Waals surface area contributed by atoms with Gasteiger partial charge in [0.05, 0.1) is 7.11 Å². The molecule has 1 amide bonds. The van der Waals surface area contributed by atoms with Crippen LogP contribution >= 0.6 is 0 Å². The molecule has 0 fully saturated rings. The fourth-order valence-corrected chi connectivity index (χ4v) is 1.40. The van der Waals surface area contributed by atoms with Gasteiger partial charge in [-0.2, -0.15) is 0 Å². The predicted molar refractivity (Wildman–Crippen MR) is 72.9 cm³/mol. The zero-order chi connectivity index (χ0) is 13.7. The first-order valence-corrected chi connectivity index (χ1v) is 5.83. The molecule has 0 saturated carbocycles. The van der Waals surface area contributed by atoms with E-state index in [-0.39, 0.29) is 11.9 Å². The monoisotopic (exact) mass is 251 g/mol. The summed E-state index contributed by atoms with van der Waals surface area (Å²) >= 11 is 0. The van der Waals surface area contributed by atoms with Crippen molar-refractivity contribution in [2.24, 2.45) is 0 Å². The lowest BCUT2D eigenvalue weighted by molar-refractivity contribution is 0.0943. The number of amides is 1. The van der Waals surface area contributed by atoms with Crippen LogP contribution in [-0.4, -0.2) is 44.6 Å². The van der Waals surface area contributed by atoms with E-state index in [9.17, 15) is 4.79 Å². The zero-order valence-electron chi connectivity index (χ0n) is 11.4. The van der Waals surface area contributed by atoms with Crippen molar-refractivity contribution in [2.75, 3.05) is 33.5 Å². The molecule has 18 heavy (non-hydrogen) atoms. The van der Waals surface area contributed by atoms with Crippen LogP contribution in [0, 0.1) is 0 Å². The minimum absolute atomic E-state index is 0.144. The molecule has 5 heteroatoms. The molecule has 0 aromatic heterocycles. The standard InChI is InChI=1S/C13H21N3O2/c1-9(16(2)3)8-15-13(17)10-5-11(14)7-12(6-10)18-4/h5-7,9H,8,14H2,1-4H3,(H,15,17). The highest BCUT2D eigenvalue weighted by Crippen LogP contribution is 2.18. The van der Waals surface area contributed by atoms with Crippen LogP contribution in [0.1, 0.15) is 17.3 Å². The summed E-state index contributed by atoms with van der Waals surface area (Å²) in [6, 6.07) is 5.26. The highest BCUT2D eigenvalue weighted by atomic mass is 16.5. The van der Waals surface area contributed by atoms with Crippen LogP contribution in [-0.2, 0) is 0 Å². The van der Waals surface area contributed by atoms with Crippen molar-refractivity contribution in [3.05, 3.63) is 23.8 Å². The minimum atomic E-state index is -0.144. The summed E-state index contributed by atoms with van der Waals surface area (Å²) in [6.07, 6.45) is 0. The van der Waals surface area contributed by atoms with Crippen molar-refractivity contribution in [2.45, 2.75) is 13.0 Å². The van der Waals surface area contributed by atoms with Gasteiger partial charge < -0.3 is 20.7 Å². The molecule has 1 aromatic carbocycles. The maximum absolute atomic E-state index is 12.0. The van der Waals surface area contributed by atoms with Crippen molar-refractivity contribution >= 4 is 11.6 Å². The van der Waals surface area contributed by atoms with E-state index in [0.29, 0.717) is 23.5 Å². The highest BCUT2D eigenvalue weighted by molar-refractivity contribution is 5.95. The Morgan fingerprint density at radius 3 is 2.67 bits per heavy atom. The summed E-state index contributed by atoms with van der Waals surface area (Å²) in [4.78, 5) is 14.0. The Morgan fingerprint density at radius 1 is 1.44 bits per heavy atom. The number of benzene rings is 1. The Bertz CT molecular complexity index is 419. The second kappa shape index (κ2) is 6.26. The second-order valence-corrected chi connectivity index (χ2v) is 4.52. The zero-order valence-corrected chi connectivity index (χ0v) is 11.4. The molecule has 0 bridgehead atoms. The maximum atomic E-state index is 12.0. The second-order valence-electron chi connectivity index (χ2n) is 4.52. The van der Waals surface area contributed by atoms with Crippen LogP contribution in [0.15, 0.2) is 18.2 Å². The number of likely N-dealkylation sites (N-methyl/N-ethyl adjacent to an activating group) is 1. The Labute approximate surface area is 108 Å². The van der Waals surface area contributed by atoms with Crippen molar-refractivity contribution in [1.82, 2.24) is 10.2 Å². The quantitative estimate of drug-likeness (QED) is 0.765. The van der Waals surface area contributed by atoms with E-state index in [4.69, 9.17) is 10.5 Å². The molecule has 0 aliphatic rings. The van der Waals surface area contributed by atoms with Gasteiger partial charge in [0.2, 0.25) is 0 Å². The van der Waals surface area contributed by atoms with Crippen LogP contribution in [0.2, 0.25) is 0 Å². The lowest BCUT2D eigenvalue weighted by Crippen LogP contribution is -2.38. The van der Waals surface area contributed by atoms with Crippen LogP contribution < -0.4 is 15.8 Å². The Morgan fingerprint density at radius 2 is 2.11 bits per heavy atom. The molecule has 1 rings (SSSR count). The molecular weight excluding hydrogens is 230 g/mol. The van der Waals surface area contributed by atoms with Gasteiger partial charge in [-0.05, 0) is 33.2 Å². The lowest BCUT2D eigenvalue weighted by Gasteiger charge is -2.20. The van der Waals surface area contributed by atoms with Gasteiger partial charge in [0, 0.05) is 29.9 Å². The van der Waals surface area contributed by atoms with Gasteiger partial charge in [-0.3, -0.25) is 4.79 Å². The first-order valence-electron chi connectivity index (χ1n) is 5.83. The average Bonchev–Trinajstić information content (AvgIpc) is 2.34. The van der Waals surface area contributed by atoms with Gasteiger partial charge in [-0.1, -0.05) is 0 Å². The first-order chi connectivity index (χ1) is 8.43. The molecule has 0 aliphatic carbocycles. The van der Waals surface area contributed by atoms with E-state index in [1.165, 1.54) is 0 Å². The number of nitrogens with zero attached hydrogens (tertiary/aromatic N) is 1. The molecule has 0 saturated heterocycles. The third kappa shape index (κ3) is 3.92. The van der Waals surface area contributed by atoms with Crippen LogP contribution in [0.5, 0.6) is 5.75 Å². The molecule has 0 heterocycles. The van der Waals surface area contributed by atoms with Crippen molar-refractivity contribution < 1.29 is 9.53 Å². The summed E-state index contributed by atoms with van der Waals surface area (Å²) in [7, 11) is 5.49. The maximum Gasteiger partial charge on any atom is 0.251 e.